The molecule has 3 rings (SSSR count). The Hall–Kier alpha value is -1.96. The number of amides is 1. The summed E-state index contributed by atoms with van der Waals surface area (Å²) in [7, 11) is -3.69. The molecule has 1 aliphatic rings. The number of carbonyl (C=O) groups excluding carboxylic acids is 1. The Labute approximate surface area is 169 Å². The molecule has 1 saturated heterocycles. The van der Waals surface area contributed by atoms with Crippen LogP contribution in [0.4, 0.5) is 4.39 Å². The lowest BCUT2D eigenvalue weighted by Crippen LogP contribution is -2.45. The average Bonchev–Trinajstić information content (AvgIpc) is 2.68. The number of piperidine rings is 1. The average molecular weight is 425 g/mol. The second-order valence-electron chi connectivity index (χ2n) is 6.83. The topological polar surface area (TPSA) is 66.5 Å². The zero-order chi connectivity index (χ0) is 20.1. The molecule has 1 amide bonds. The molecule has 0 spiro atoms. The van der Waals surface area contributed by atoms with Gasteiger partial charge in [0.15, 0.2) is 0 Å². The van der Waals surface area contributed by atoms with E-state index in [2.05, 4.69) is 5.32 Å². The summed E-state index contributed by atoms with van der Waals surface area (Å²) in [5.74, 6) is -0.562. The van der Waals surface area contributed by atoms with Gasteiger partial charge in [-0.15, -0.1) is 0 Å². The minimum absolute atomic E-state index is 0.0913. The Morgan fingerprint density at radius 3 is 2.46 bits per heavy atom. The van der Waals surface area contributed by atoms with Crippen LogP contribution in [-0.4, -0.2) is 31.2 Å². The van der Waals surface area contributed by atoms with Gasteiger partial charge < -0.3 is 5.32 Å². The highest BCUT2D eigenvalue weighted by molar-refractivity contribution is 7.89. The van der Waals surface area contributed by atoms with E-state index >= 15 is 0 Å². The molecule has 1 heterocycles. The van der Waals surface area contributed by atoms with Crippen molar-refractivity contribution < 1.29 is 17.6 Å². The third-order valence-electron chi connectivity index (χ3n) is 4.82. The number of nitrogens with one attached hydrogen (secondary N) is 1. The third-order valence-corrected chi connectivity index (χ3v) is 7.04. The molecule has 5 nitrogen and oxygen atoms in total. The maximum atomic E-state index is 13.0. The van der Waals surface area contributed by atoms with Gasteiger partial charge in [-0.2, -0.15) is 4.31 Å². The summed E-state index contributed by atoms with van der Waals surface area (Å²) in [6.45, 7) is 0.663. The summed E-state index contributed by atoms with van der Waals surface area (Å²) >= 11 is 5.86. The monoisotopic (exact) mass is 424 g/mol. The highest BCUT2D eigenvalue weighted by atomic mass is 35.5. The van der Waals surface area contributed by atoms with Crippen molar-refractivity contribution in [3.63, 3.8) is 0 Å². The summed E-state index contributed by atoms with van der Waals surface area (Å²) in [6, 6.07) is 11.6. The molecule has 0 aromatic heterocycles. The van der Waals surface area contributed by atoms with Gasteiger partial charge in [0.05, 0.1) is 4.90 Å². The fourth-order valence-corrected chi connectivity index (χ4v) is 5.14. The molecule has 8 heteroatoms. The maximum Gasteiger partial charge on any atom is 0.243 e. The van der Waals surface area contributed by atoms with Crippen LogP contribution in [0.25, 0.3) is 0 Å². The SMILES string of the molecule is O=C(C[C@@H]1CCCCN1S(=O)(=O)c1ccc(Cl)cc1)NCc1ccc(F)cc1. The Kier molecular flexibility index (Phi) is 6.69. The van der Waals surface area contributed by atoms with Gasteiger partial charge in [-0.3, -0.25) is 4.79 Å². The van der Waals surface area contributed by atoms with Crippen molar-refractivity contribution >= 4 is 27.5 Å². The van der Waals surface area contributed by atoms with Crippen molar-refractivity contribution in [2.24, 2.45) is 0 Å². The molecule has 2 aromatic carbocycles. The summed E-state index contributed by atoms with van der Waals surface area (Å²) in [5.41, 5.74) is 0.782. The Balaban J connectivity index is 1.66. The van der Waals surface area contributed by atoms with E-state index in [0.717, 1.165) is 18.4 Å². The van der Waals surface area contributed by atoms with Crippen LogP contribution in [0.3, 0.4) is 0 Å². The van der Waals surface area contributed by atoms with Gasteiger partial charge in [-0.25, -0.2) is 12.8 Å². The van der Waals surface area contributed by atoms with E-state index in [0.29, 0.717) is 18.0 Å². The fourth-order valence-electron chi connectivity index (χ4n) is 3.33. The van der Waals surface area contributed by atoms with Gasteiger partial charge in [0.2, 0.25) is 15.9 Å². The molecule has 2 aromatic rings. The van der Waals surface area contributed by atoms with Crippen molar-refractivity contribution in [3.8, 4) is 0 Å². The second kappa shape index (κ2) is 9.03. The lowest BCUT2D eigenvalue weighted by atomic mass is 10.0. The van der Waals surface area contributed by atoms with Gasteiger partial charge in [0, 0.05) is 30.6 Å². The van der Waals surface area contributed by atoms with Gasteiger partial charge in [-0.05, 0) is 54.8 Å². The zero-order valence-corrected chi connectivity index (χ0v) is 16.8. The number of carbonyl (C=O) groups is 1. The Bertz CT molecular complexity index is 917. The molecule has 28 heavy (non-hydrogen) atoms. The highest BCUT2D eigenvalue weighted by Gasteiger charge is 2.34. The number of hydrogen-bond donors (Lipinski definition) is 1. The van der Waals surface area contributed by atoms with Crippen LogP contribution >= 0.6 is 11.6 Å². The van der Waals surface area contributed by atoms with Crippen molar-refractivity contribution in [1.29, 1.82) is 0 Å². The normalized spacial score (nSPS) is 18.0. The molecule has 1 fully saturated rings. The van der Waals surface area contributed by atoms with Crippen LogP contribution in [-0.2, 0) is 21.4 Å². The van der Waals surface area contributed by atoms with E-state index in [9.17, 15) is 17.6 Å². The van der Waals surface area contributed by atoms with E-state index in [1.165, 1.54) is 28.6 Å². The molecule has 0 radical (unpaired) electrons. The van der Waals surface area contributed by atoms with Crippen LogP contribution in [0.2, 0.25) is 5.02 Å². The number of hydrogen-bond acceptors (Lipinski definition) is 3. The van der Waals surface area contributed by atoms with Crippen LogP contribution < -0.4 is 5.32 Å². The van der Waals surface area contributed by atoms with Gasteiger partial charge in [-0.1, -0.05) is 30.2 Å². The van der Waals surface area contributed by atoms with Crippen LogP contribution in [0.15, 0.2) is 53.4 Å². The van der Waals surface area contributed by atoms with Gasteiger partial charge >= 0.3 is 0 Å². The Morgan fingerprint density at radius 1 is 1.11 bits per heavy atom. The Morgan fingerprint density at radius 2 is 1.79 bits per heavy atom. The van der Waals surface area contributed by atoms with E-state index in [1.54, 1.807) is 24.3 Å². The van der Waals surface area contributed by atoms with E-state index in [1.807, 2.05) is 0 Å². The molecule has 0 unspecified atom stereocenters. The molecular formula is C20H22ClFN2O3S. The van der Waals surface area contributed by atoms with Crippen molar-refractivity contribution in [1.82, 2.24) is 9.62 Å². The molecule has 1 aliphatic heterocycles. The van der Waals surface area contributed by atoms with Gasteiger partial charge in [0.1, 0.15) is 5.82 Å². The first-order valence-corrected chi connectivity index (χ1v) is 11.0. The molecule has 0 aliphatic carbocycles. The number of halogens is 2. The molecular weight excluding hydrogens is 403 g/mol. The van der Waals surface area contributed by atoms with Crippen LogP contribution in [0.5, 0.6) is 0 Å². The van der Waals surface area contributed by atoms with Crippen LogP contribution in [0, 0.1) is 5.82 Å². The number of rotatable bonds is 6. The third kappa shape index (κ3) is 5.10. The standard InChI is InChI=1S/C20H22ClFN2O3S/c21-16-6-10-19(11-7-16)28(26,27)24-12-2-1-3-18(24)13-20(25)23-14-15-4-8-17(22)9-5-15/h4-11,18H,1-3,12-14H2,(H,23,25)/t18-/m0/s1. The fraction of sp³-hybridized carbons (Fsp3) is 0.350. The van der Waals surface area contributed by atoms with E-state index in [-0.39, 0.29) is 35.6 Å². The first kappa shape index (κ1) is 20.8. The minimum Gasteiger partial charge on any atom is -0.352 e. The molecule has 1 atom stereocenters. The van der Waals surface area contributed by atoms with Crippen molar-refractivity contribution in [2.75, 3.05) is 6.54 Å². The second-order valence-corrected chi connectivity index (χ2v) is 9.15. The largest absolute Gasteiger partial charge is 0.352 e. The first-order chi connectivity index (χ1) is 13.4. The van der Waals surface area contributed by atoms with E-state index < -0.39 is 10.0 Å². The van der Waals surface area contributed by atoms with Crippen molar-refractivity contribution in [3.05, 3.63) is 64.9 Å². The molecule has 1 N–H and O–H groups in total. The van der Waals surface area contributed by atoms with Crippen molar-refractivity contribution in [2.45, 2.75) is 43.2 Å². The number of nitrogens with zero attached hydrogens (tertiary/aromatic N) is 1. The quantitative estimate of drug-likeness (QED) is 0.768. The smallest absolute Gasteiger partial charge is 0.243 e. The number of sulfonamides is 1. The summed E-state index contributed by atoms with van der Waals surface area (Å²) in [6.07, 6.45) is 2.37. The minimum atomic E-state index is -3.69. The van der Waals surface area contributed by atoms with Gasteiger partial charge in [0.25, 0.3) is 0 Å². The lowest BCUT2D eigenvalue weighted by molar-refractivity contribution is -0.122. The zero-order valence-electron chi connectivity index (χ0n) is 15.3. The predicted octanol–water partition coefficient (Wildman–Crippen LogP) is 3.73. The summed E-state index contributed by atoms with van der Waals surface area (Å²) in [4.78, 5) is 12.6. The lowest BCUT2D eigenvalue weighted by Gasteiger charge is -2.34. The van der Waals surface area contributed by atoms with E-state index in [4.69, 9.17) is 11.6 Å². The maximum absolute atomic E-state index is 13.0. The molecule has 150 valence electrons. The molecule has 0 saturated carbocycles. The number of benzene rings is 2. The highest BCUT2D eigenvalue weighted by Crippen LogP contribution is 2.27. The predicted molar refractivity (Wildman–Crippen MR) is 106 cm³/mol. The first-order valence-electron chi connectivity index (χ1n) is 9.15. The summed E-state index contributed by atoms with van der Waals surface area (Å²) < 4.78 is 40.4. The van der Waals surface area contributed by atoms with Crippen LogP contribution in [0.1, 0.15) is 31.2 Å². The molecule has 0 bridgehead atoms. The summed E-state index contributed by atoms with van der Waals surface area (Å²) in [5, 5.41) is 3.25.